The lowest BCUT2D eigenvalue weighted by atomic mass is 10.1. The molecular weight excluding hydrogens is 308 g/mol. The second kappa shape index (κ2) is 6.53. The van der Waals surface area contributed by atoms with E-state index in [1.54, 1.807) is 0 Å². The number of hydrogen-bond donors (Lipinski definition) is 2. The summed E-state index contributed by atoms with van der Waals surface area (Å²) >= 11 is 0. The minimum absolute atomic E-state index is 0.0433. The molecule has 0 aromatic carbocycles. The van der Waals surface area contributed by atoms with Crippen LogP contribution in [0.2, 0.25) is 0 Å². The minimum Gasteiger partial charge on any atom is -0.480 e. The summed E-state index contributed by atoms with van der Waals surface area (Å²) in [5.41, 5.74) is 0. The van der Waals surface area contributed by atoms with E-state index in [9.17, 15) is 29.4 Å². The molecule has 2 amide bonds. The number of carbonyl (C=O) groups excluding carboxylic acids is 3. The first-order valence-electron chi connectivity index (χ1n) is 7.38. The van der Waals surface area contributed by atoms with Crippen molar-refractivity contribution in [1.82, 2.24) is 9.80 Å². The quantitative estimate of drug-likeness (QED) is 0.610. The number of carboxylic acid groups (broad SMARTS) is 1. The number of likely N-dealkylation sites (tertiary alicyclic amines) is 2. The molecule has 2 heterocycles. The zero-order chi connectivity index (χ0) is 17.3. The third-order valence-corrected chi connectivity index (χ3v) is 4.22. The van der Waals surface area contributed by atoms with Crippen molar-refractivity contribution in [2.24, 2.45) is 0 Å². The van der Waals surface area contributed by atoms with Gasteiger partial charge in [-0.15, -0.1) is 0 Å². The Bertz CT molecular complexity index is 535. The standard InChI is InChI=1S/C14H20N2O7/c1-7(17)15-4-3-11(12(15)13(20)21)23-14(22)10-5-9(19)6-16(10)8(2)18/h9-12,19H,3-6H2,1-2H3,(H,20,21)/t9?,10?,11?,12-/m0/s1. The lowest BCUT2D eigenvalue weighted by molar-refractivity contribution is -0.164. The average molecular weight is 328 g/mol. The fourth-order valence-electron chi connectivity index (χ4n) is 3.15. The smallest absolute Gasteiger partial charge is 0.330 e. The van der Waals surface area contributed by atoms with Crippen LogP contribution in [0.5, 0.6) is 0 Å². The van der Waals surface area contributed by atoms with E-state index in [-0.39, 0.29) is 31.8 Å². The molecule has 0 aromatic rings. The van der Waals surface area contributed by atoms with Crippen LogP contribution >= 0.6 is 0 Å². The number of β-amino-alcohol motifs (C(OH)–C–C–N with tert-alkyl or cyclic N) is 1. The molecule has 2 fully saturated rings. The van der Waals surface area contributed by atoms with Gasteiger partial charge >= 0.3 is 11.9 Å². The summed E-state index contributed by atoms with van der Waals surface area (Å²) in [6.07, 6.45) is -1.50. The number of aliphatic carboxylic acids is 1. The number of carbonyl (C=O) groups is 4. The molecule has 4 atom stereocenters. The molecule has 0 aromatic heterocycles. The highest BCUT2D eigenvalue weighted by molar-refractivity contribution is 5.86. The molecule has 9 heteroatoms. The van der Waals surface area contributed by atoms with Gasteiger partial charge in [0.05, 0.1) is 6.10 Å². The molecule has 0 bridgehead atoms. The summed E-state index contributed by atoms with van der Waals surface area (Å²) in [7, 11) is 0. The zero-order valence-corrected chi connectivity index (χ0v) is 13.0. The third-order valence-electron chi connectivity index (χ3n) is 4.22. The maximum absolute atomic E-state index is 12.3. The number of ether oxygens (including phenoxy) is 1. The zero-order valence-electron chi connectivity index (χ0n) is 13.0. The van der Waals surface area contributed by atoms with Crippen LogP contribution in [0.3, 0.4) is 0 Å². The van der Waals surface area contributed by atoms with Crippen LogP contribution in [0, 0.1) is 0 Å². The van der Waals surface area contributed by atoms with E-state index in [0.29, 0.717) is 0 Å². The molecule has 2 aliphatic heterocycles. The maximum atomic E-state index is 12.3. The van der Waals surface area contributed by atoms with Crippen molar-refractivity contribution < 1.29 is 34.1 Å². The normalized spacial score (nSPS) is 30.4. The SMILES string of the molecule is CC(=O)N1CC(O)CC1C(=O)OC1CCN(C(C)=O)[C@@H]1C(=O)O. The summed E-state index contributed by atoms with van der Waals surface area (Å²) in [4.78, 5) is 49.0. The number of nitrogens with zero attached hydrogens (tertiary/aromatic N) is 2. The Labute approximate surface area is 132 Å². The van der Waals surface area contributed by atoms with Crippen molar-refractivity contribution in [3.8, 4) is 0 Å². The Kier molecular flexibility index (Phi) is 4.88. The highest BCUT2D eigenvalue weighted by atomic mass is 16.5. The second-order valence-electron chi connectivity index (χ2n) is 5.84. The lowest BCUT2D eigenvalue weighted by Crippen LogP contribution is -2.47. The molecule has 0 radical (unpaired) electrons. The average Bonchev–Trinajstić information content (AvgIpc) is 3.02. The third kappa shape index (κ3) is 3.44. The summed E-state index contributed by atoms with van der Waals surface area (Å²) < 4.78 is 5.26. The molecule has 2 rings (SSSR count). The van der Waals surface area contributed by atoms with Crippen LogP contribution in [-0.2, 0) is 23.9 Å². The van der Waals surface area contributed by atoms with E-state index in [0.717, 1.165) is 4.90 Å². The predicted octanol–water partition coefficient (Wildman–Crippen LogP) is -1.41. The van der Waals surface area contributed by atoms with E-state index in [2.05, 4.69) is 0 Å². The molecular formula is C14H20N2O7. The first-order chi connectivity index (χ1) is 10.7. The number of carboxylic acids is 1. The van der Waals surface area contributed by atoms with Gasteiger partial charge in [0.2, 0.25) is 11.8 Å². The van der Waals surface area contributed by atoms with Gasteiger partial charge in [-0.2, -0.15) is 0 Å². The van der Waals surface area contributed by atoms with Crippen molar-refractivity contribution in [2.45, 2.75) is 51.0 Å². The van der Waals surface area contributed by atoms with Gasteiger partial charge in [-0.25, -0.2) is 9.59 Å². The van der Waals surface area contributed by atoms with E-state index in [4.69, 9.17) is 4.74 Å². The van der Waals surface area contributed by atoms with Gasteiger partial charge in [0.15, 0.2) is 6.04 Å². The molecule has 2 aliphatic rings. The van der Waals surface area contributed by atoms with Gasteiger partial charge in [-0.05, 0) is 0 Å². The van der Waals surface area contributed by atoms with E-state index >= 15 is 0 Å². The van der Waals surface area contributed by atoms with Crippen molar-refractivity contribution in [3.05, 3.63) is 0 Å². The van der Waals surface area contributed by atoms with Gasteiger partial charge in [-0.1, -0.05) is 0 Å². The van der Waals surface area contributed by atoms with Crippen LogP contribution in [0.4, 0.5) is 0 Å². The fraction of sp³-hybridized carbons (Fsp3) is 0.714. The first kappa shape index (κ1) is 17.2. The van der Waals surface area contributed by atoms with Crippen molar-refractivity contribution in [3.63, 3.8) is 0 Å². The highest BCUT2D eigenvalue weighted by Crippen LogP contribution is 2.25. The summed E-state index contributed by atoms with van der Waals surface area (Å²) in [5, 5.41) is 18.9. The Balaban J connectivity index is 2.09. The Morgan fingerprint density at radius 1 is 1.09 bits per heavy atom. The van der Waals surface area contributed by atoms with Crippen LogP contribution in [0.1, 0.15) is 26.7 Å². The van der Waals surface area contributed by atoms with Crippen LogP contribution < -0.4 is 0 Å². The van der Waals surface area contributed by atoms with Crippen molar-refractivity contribution >= 4 is 23.8 Å². The van der Waals surface area contributed by atoms with Gasteiger partial charge in [0, 0.05) is 39.8 Å². The van der Waals surface area contributed by atoms with Gasteiger partial charge < -0.3 is 24.7 Å². The number of amides is 2. The second-order valence-corrected chi connectivity index (χ2v) is 5.84. The summed E-state index contributed by atoms with van der Waals surface area (Å²) in [6, 6.07) is -2.16. The largest absolute Gasteiger partial charge is 0.480 e. The number of rotatable bonds is 3. The number of aliphatic hydroxyl groups excluding tert-OH is 1. The van der Waals surface area contributed by atoms with E-state index < -0.39 is 42.1 Å². The summed E-state index contributed by atoms with van der Waals surface area (Å²) in [6.45, 7) is 2.77. The highest BCUT2D eigenvalue weighted by Gasteiger charge is 2.46. The van der Waals surface area contributed by atoms with E-state index in [1.807, 2.05) is 0 Å². The first-order valence-corrected chi connectivity index (χ1v) is 7.38. The predicted molar refractivity (Wildman–Crippen MR) is 75.1 cm³/mol. The Morgan fingerprint density at radius 2 is 1.70 bits per heavy atom. The molecule has 2 saturated heterocycles. The maximum Gasteiger partial charge on any atom is 0.330 e. The number of esters is 1. The van der Waals surface area contributed by atoms with Crippen LogP contribution in [0.15, 0.2) is 0 Å². The molecule has 0 spiro atoms. The molecule has 0 saturated carbocycles. The number of hydrogen-bond acceptors (Lipinski definition) is 6. The monoisotopic (exact) mass is 328 g/mol. The Morgan fingerprint density at radius 3 is 2.22 bits per heavy atom. The van der Waals surface area contributed by atoms with Crippen LogP contribution in [0.25, 0.3) is 0 Å². The molecule has 2 N–H and O–H groups in total. The van der Waals surface area contributed by atoms with Gasteiger partial charge in [0.1, 0.15) is 12.1 Å². The van der Waals surface area contributed by atoms with Gasteiger partial charge in [0.25, 0.3) is 0 Å². The Hall–Kier alpha value is -2.16. The molecule has 0 aliphatic carbocycles. The topological polar surface area (TPSA) is 124 Å². The summed E-state index contributed by atoms with van der Waals surface area (Å²) in [5.74, 6) is -2.77. The van der Waals surface area contributed by atoms with Crippen LogP contribution in [-0.4, -0.2) is 81.1 Å². The van der Waals surface area contributed by atoms with Gasteiger partial charge in [-0.3, -0.25) is 9.59 Å². The molecule has 128 valence electrons. The fourth-order valence-corrected chi connectivity index (χ4v) is 3.15. The lowest BCUT2D eigenvalue weighted by Gasteiger charge is -2.26. The van der Waals surface area contributed by atoms with Crippen molar-refractivity contribution in [1.29, 1.82) is 0 Å². The van der Waals surface area contributed by atoms with E-state index in [1.165, 1.54) is 18.7 Å². The number of aliphatic hydroxyl groups is 1. The molecule has 23 heavy (non-hydrogen) atoms. The molecule has 9 nitrogen and oxygen atoms in total. The molecule has 3 unspecified atom stereocenters. The minimum atomic E-state index is -1.25. The van der Waals surface area contributed by atoms with Crippen molar-refractivity contribution in [2.75, 3.05) is 13.1 Å².